The van der Waals surface area contributed by atoms with Gasteiger partial charge in [-0.2, -0.15) is 0 Å². The maximum absolute atomic E-state index is 13.3. The van der Waals surface area contributed by atoms with E-state index in [1.807, 2.05) is 13.0 Å². The van der Waals surface area contributed by atoms with Crippen LogP contribution < -0.4 is 9.64 Å². The van der Waals surface area contributed by atoms with Crippen LogP contribution in [0.5, 0.6) is 5.75 Å². The van der Waals surface area contributed by atoms with Crippen LogP contribution in [0.15, 0.2) is 66.5 Å². The Labute approximate surface area is 203 Å². The largest absolute Gasteiger partial charge is 0.507 e. The molecule has 0 spiro atoms. The predicted octanol–water partition coefficient (Wildman–Crippen LogP) is 5.29. The van der Waals surface area contributed by atoms with Gasteiger partial charge in [0, 0.05) is 17.4 Å². The van der Waals surface area contributed by atoms with E-state index < -0.39 is 17.7 Å². The zero-order valence-electron chi connectivity index (χ0n) is 18.2. The number of Topliss-reactive ketones (excluding diaryl/α,β-unsaturated/α-hetero) is 1. The molecule has 1 fully saturated rings. The lowest BCUT2D eigenvalue weighted by atomic mass is 9.96. The van der Waals surface area contributed by atoms with Gasteiger partial charge < -0.3 is 9.84 Å². The number of anilines is 1. The normalized spacial score (nSPS) is 17.5. The highest BCUT2D eigenvalue weighted by atomic mass is 35.5. The fraction of sp³-hybridized carbons (Fsp3) is 0.120. The number of halogens is 1. The van der Waals surface area contributed by atoms with Crippen LogP contribution in [-0.4, -0.2) is 33.9 Å². The monoisotopic (exact) mass is 491 g/mol. The minimum atomic E-state index is -0.921. The number of aryl methyl sites for hydroxylation is 1. The Morgan fingerprint density at radius 2 is 1.97 bits per heavy atom. The minimum absolute atomic E-state index is 0.0593. The van der Waals surface area contributed by atoms with E-state index in [4.69, 9.17) is 16.3 Å². The summed E-state index contributed by atoms with van der Waals surface area (Å²) in [6, 6.07) is 12.9. The standard InChI is InChI=1S/C25H18ClN3O4S/c1-13-10-19-17(11-16(13)26)28-25(34-19)29-21(14-6-5-9-27-12-14)20(23(31)24(29)32)22(30)15-7-3-4-8-18(15)33-2/h3-12,21,30H,1-2H3/b22-20+. The molecule has 5 rings (SSSR count). The van der Waals surface area contributed by atoms with Gasteiger partial charge >= 0.3 is 5.91 Å². The van der Waals surface area contributed by atoms with Crippen molar-refractivity contribution in [2.24, 2.45) is 0 Å². The molecule has 34 heavy (non-hydrogen) atoms. The Bertz CT molecular complexity index is 1440. The number of thiazole rings is 1. The molecule has 2 aromatic heterocycles. The molecule has 1 atom stereocenters. The molecule has 2 aromatic carbocycles. The molecule has 0 saturated carbocycles. The molecule has 7 nitrogen and oxygen atoms in total. The quantitative estimate of drug-likeness (QED) is 0.237. The van der Waals surface area contributed by atoms with E-state index >= 15 is 0 Å². The molecule has 1 N–H and O–H groups in total. The van der Waals surface area contributed by atoms with Crippen molar-refractivity contribution in [1.29, 1.82) is 0 Å². The smallest absolute Gasteiger partial charge is 0.301 e. The van der Waals surface area contributed by atoms with Crippen molar-refractivity contribution < 1.29 is 19.4 Å². The van der Waals surface area contributed by atoms with Crippen LogP contribution in [0.25, 0.3) is 16.0 Å². The van der Waals surface area contributed by atoms with Crippen molar-refractivity contribution in [1.82, 2.24) is 9.97 Å². The number of carbonyl (C=O) groups excluding carboxylic acids is 2. The molecule has 0 bridgehead atoms. The van der Waals surface area contributed by atoms with Gasteiger partial charge in [-0.25, -0.2) is 4.98 Å². The first-order chi connectivity index (χ1) is 16.4. The van der Waals surface area contributed by atoms with Crippen LogP contribution in [0, 0.1) is 6.92 Å². The summed E-state index contributed by atoms with van der Waals surface area (Å²) in [4.78, 5) is 36.7. The molecule has 170 valence electrons. The van der Waals surface area contributed by atoms with Crippen molar-refractivity contribution >= 4 is 55.7 Å². The molecule has 3 heterocycles. The molecule has 1 aliphatic rings. The molecule has 0 radical (unpaired) electrons. The van der Waals surface area contributed by atoms with Gasteiger partial charge in [0.05, 0.1) is 34.5 Å². The van der Waals surface area contributed by atoms with E-state index in [1.54, 1.807) is 54.9 Å². The van der Waals surface area contributed by atoms with Gasteiger partial charge in [-0.15, -0.1) is 0 Å². The number of aliphatic hydroxyl groups excluding tert-OH is 1. The third-order valence-electron chi connectivity index (χ3n) is 5.67. The number of methoxy groups -OCH3 is 1. The van der Waals surface area contributed by atoms with Crippen LogP contribution in [0.3, 0.4) is 0 Å². The van der Waals surface area contributed by atoms with Crippen LogP contribution in [-0.2, 0) is 9.59 Å². The van der Waals surface area contributed by atoms with E-state index in [0.717, 1.165) is 10.3 Å². The Kier molecular flexibility index (Phi) is 5.55. The number of para-hydroxylation sites is 1. The number of aliphatic hydroxyl groups is 1. The molecule has 1 unspecified atom stereocenters. The van der Waals surface area contributed by atoms with Crippen LogP contribution in [0.4, 0.5) is 5.13 Å². The maximum atomic E-state index is 13.3. The second-order valence-electron chi connectivity index (χ2n) is 7.72. The molecule has 1 aliphatic heterocycles. The van der Waals surface area contributed by atoms with E-state index in [-0.39, 0.29) is 11.3 Å². The third-order valence-corrected chi connectivity index (χ3v) is 7.09. The number of aromatic nitrogens is 2. The van der Waals surface area contributed by atoms with Gasteiger partial charge in [-0.05, 0) is 48.4 Å². The lowest BCUT2D eigenvalue weighted by Crippen LogP contribution is -2.29. The number of benzene rings is 2. The first-order valence-electron chi connectivity index (χ1n) is 10.3. The van der Waals surface area contributed by atoms with Crippen LogP contribution in [0.2, 0.25) is 5.02 Å². The number of hydrogen-bond acceptors (Lipinski definition) is 7. The molecule has 4 aromatic rings. The van der Waals surface area contributed by atoms with E-state index in [0.29, 0.717) is 32.5 Å². The summed E-state index contributed by atoms with van der Waals surface area (Å²) in [6.07, 6.45) is 3.16. The van der Waals surface area contributed by atoms with Gasteiger partial charge in [0.15, 0.2) is 5.13 Å². The molecular weight excluding hydrogens is 474 g/mol. The predicted molar refractivity (Wildman–Crippen MR) is 131 cm³/mol. The highest BCUT2D eigenvalue weighted by Crippen LogP contribution is 2.45. The molecule has 1 saturated heterocycles. The number of ether oxygens (including phenoxy) is 1. The Morgan fingerprint density at radius 1 is 1.18 bits per heavy atom. The van der Waals surface area contributed by atoms with Gasteiger partial charge in [-0.1, -0.05) is 41.1 Å². The molecule has 1 amide bonds. The lowest BCUT2D eigenvalue weighted by Gasteiger charge is -2.22. The lowest BCUT2D eigenvalue weighted by molar-refractivity contribution is -0.132. The number of ketones is 1. The topological polar surface area (TPSA) is 92.6 Å². The number of fused-ring (bicyclic) bond motifs is 1. The van der Waals surface area contributed by atoms with Crippen molar-refractivity contribution in [3.05, 3.63) is 88.2 Å². The number of pyridine rings is 1. The zero-order chi connectivity index (χ0) is 24.0. The average molecular weight is 492 g/mol. The number of carbonyl (C=O) groups is 2. The van der Waals surface area contributed by atoms with Crippen LogP contribution >= 0.6 is 22.9 Å². The first-order valence-corrected chi connectivity index (χ1v) is 11.5. The minimum Gasteiger partial charge on any atom is -0.507 e. The second kappa shape index (κ2) is 8.55. The van der Waals surface area contributed by atoms with Gasteiger partial charge in [0.25, 0.3) is 5.78 Å². The number of nitrogens with zero attached hydrogens (tertiary/aromatic N) is 3. The molecule has 9 heteroatoms. The summed E-state index contributed by atoms with van der Waals surface area (Å²) in [5, 5.41) is 12.2. The maximum Gasteiger partial charge on any atom is 0.301 e. The van der Waals surface area contributed by atoms with Gasteiger partial charge in [-0.3, -0.25) is 19.5 Å². The summed E-state index contributed by atoms with van der Waals surface area (Å²) < 4.78 is 6.19. The SMILES string of the molecule is COc1ccccc1/C(O)=C1\C(=O)C(=O)N(c2nc3cc(Cl)c(C)cc3s2)C1c1cccnc1. The molecule has 0 aliphatic carbocycles. The summed E-state index contributed by atoms with van der Waals surface area (Å²) in [5.41, 5.74) is 2.31. The zero-order valence-corrected chi connectivity index (χ0v) is 19.7. The number of hydrogen-bond donors (Lipinski definition) is 1. The summed E-state index contributed by atoms with van der Waals surface area (Å²) in [6.45, 7) is 1.89. The Morgan fingerprint density at radius 3 is 2.71 bits per heavy atom. The molecular formula is C25H18ClN3O4S. The van der Waals surface area contributed by atoms with Crippen molar-refractivity contribution in [3.63, 3.8) is 0 Å². The van der Waals surface area contributed by atoms with E-state index in [2.05, 4.69) is 9.97 Å². The van der Waals surface area contributed by atoms with Crippen molar-refractivity contribution in [2.75, 3.05) is 12.0 Å². The van der Waals surface area contributed by atoms with Crippen LogP contribution in [0.1, 0.15) is 22.7 Å². The third kappa shape index (κ3) is 3.52. The van der Waals surface area contributed by atoms with E-state index in [1.165, 1.54) is 23.3 Å². The highest BCUT2D eigenvalue weighted by Gasteiger charge is 2.48. The second-order valence-corrected chi connectivity index (χ2v) is 9.14. The Balaban J connectivity index is 1.74. The number of rotatable bonds is 4. The average Bonchev–Trinajstić information content (AvgIpc) is 3.37. The van der Waals surface area contributed by atoms with Crippen molar-refractivity contribution in [3.8, 4) is 5.75 Å². The summed E-state index contributed by atoms with van der Waals surface area (Å²) >= 11 is 7.54. The fourth-order valence-corrected chi connectivity index (χ4v) is 5.24. The summed E-state index contributed by atoms with van der Waals surface area (Å²) in [7, 11) is 1.47. The highest BCUT2D eigenvalue weighted by molar-refractivity contribution is 7.22. The summed E-state index contributed by atoms with van der Waals surface area (Å²) in [5.74, 6) is -1.55. The Hall–Kier alpha value is -3.75. The fourth-order valence-electron chi connectivity index (χ4n) is 4.01. The van der Waals surface area contributed by atoms with Crippen molar-refractivity contribution in [2.45, 2.75) is 13.0 Å². The number of amides is 1. The first kappa shape index (κ1) is 22.1. The van der Waals surface area contributed by atoms with Gasteiger partial charge in [0.1, 0.15) is 11.5 Å². The van der Waals surface area contributed by atoms with E-state index in [9.17, 15) is 14.7 Å². The van der Waals surface area contributed by atoms with Gasteiger partial charge in [0.2, 0.25) is 0 Å².